The lowest BCUT2D eigenvalue weighted by molar-refractivity contribution is 0.0747. The van der Waals surface area contributed by atoms with Gasteiger partial charge in [0.2, 0.25) is 10.0 Å². The van der Waals surface area contributed by atoms with Gasteiger partial charge in [0.15, 0.2) is 0 Å². The highest BCUT2D eigenvalue weighted by molar-refractivity contribution is 7.92. The average molecular weight is 391 g/mol. The lowest BCUT2D eigenvalue weighted by atomic mass is 10.1. The number of sulfonamides is 1. The molecule has 144 valence electrons. The minimum absolute atomic E-state index is 0.134. The molecule has 3 rings (SSSR count). The number of carbonyl (C=O) groups is 1. The zero-order chi connectivity index (χ0) is 19.6. The van der Waals surface area contributed by atoms with Crippen molar-refractivity contribution in [2.24, 2.45) is 0 Å². The summed E-state index contributed by atoms with van der Waals surface area (Å²) >= 11 is 0. The van der Waals surface area contributed by atoms with E-state index in [4.69, 9.17) is 0 Å². The number of nitrogens with zero attached hydrogens (tertiary/aromatic N) is 2. The van der Waals surface area contributed by atoms with Crippen LogP contribution < -0.4 is 9.62 Å². The van der Waals surface area contributed by atoms with Crippen molar-refractivity contribution in [3.63, 3.8) is 0 Å². The summed E-state index contributed by atoms with van der Waals surface area (Å²) in [4.78, 5) is 16.6. The van der Waals surface area contributed by atoms with E-state index >= 15 is 0 Å². The number of anilines is 2. The molecule has 6 nitrogen and oxygen atoms in total. The molecule has 1 aliphatic heterocycles. The standard InChI is InChI=1S/C19H22FN3O3S/c1-14-3-4-15(13-18(14)21-27(2,25)26)19(24)23-11-9-22(10-12-23)17-7-5-16(20)6-8-17/h3-8,13,21H,9-12H2,1-2H3. The van der Waals surface area contributed by atoms with E-state index in [0.717, 1.165) is 17.5 Å². The third kappa shape index (κ3) is 4.77. The van der Waals surface area contributed by atoms with Crippen LogP contribution in [0, 0.1) is 12.7 Å². The van der Waals surface area contributed by atoms with Gasteiger partial charge in [-0.1, -0.05) is 6.07 Å². The number of hydrogen-bond acceptors (Lipinski definition) is 4. The Bertz CT molecular complexity index is 937. The van der Waals surface area contributed by atoms with Crippen LogP contribution in [-0.2, 0) is 10.0 Å². The maximum atomic E-state index is 13.1. The van der Waals surface area contributed by atoms with Gasteiger partial charge in [0.05, 0.1) is 11.9 Å². The van der Waals surface area contributed by atoms with Crippen molar-refractivity contribution in [2.75, 3.05) is 42.1 Å². The number of aryl methyl sites for hydroxylation is 1. The molecule has 0 spiro atoms. The van der Waals surface area contributed by atoms with E-state index < -0.39 is 10.0 Å². The molecule has 0 atom stereocenters. The van der Waals surface area contributed by atoms with Gasteiger partial charge in [0.25, 0.3) is 5.91 Å². The number of hydrogen-bond donors (Lipinski definition) is 1. The molecule has 0 aliphatic carbocycles. The Morgan fingerprint density at radius 2 is 1.67 bits per heavy atom. The van der Waals surface area contributed by atoms with Crippen molar-refractivity contribution in [3.8, 4) is 0 Å². The molecule has 2 aromatic carbocycles. The van der Waals surface area contributed by atoms with Gasteiger partial charge in [-0.2, -0.15) is 0 Å². The number of carbonyl (C=O) groups excluding carboxylic acids is 1. The second kappa shape index (κ2) is 7.56. The van der Waals surface area contributed by atoms with Crippen molar-refractivity contribution in [1.82, 2.24) is 4.90 Å². The van der Waals surface area contributed by atoms with Crippen LogP contribution in [0.25, 0.3) is 0 Å². The second-order valence-electron chi connectivity index (χ2n) is 6.66. The molecular weight excluding hydrogens is 369 g/mol. The topological polar surface area (TPSA) is 69.7 Å². The average Bonchev–Trinajstić information content (AvgIpc) is 2.63. The first-order valence-corrected chi connectivity index (χ1v) is 10.5. The van der Waals surface area contributed by atoms with Crippen molar-refractivity contribution in [2.45, 2.75) is 6.92 Å². The number of piperazine rings is 1. The maximum Gasteiger partial charge on any atom is 0.254 e. The summed E-state index contributed by atoms with van der Waals surface area (Å²) in [6.45, 7) is 4.16. The van der Waals surface area contributed by atoms with Crippen LogP contribution in [0.5, 0.6) is 0 Å². The van der Waals surface area contributed by atoms with Crippen molar-refractivity contribution in [3.05, 3.63) is 59.4 Å². The Morgan fingerprint density at radius 3 is 2.26 bits per heavy atom. The van der Waals surface area contributed by atoms with E-state index in [0.29, 0.717) is 37.4 Å². The molecule has 0 saturated carbocycles. The Hall–Kier alpha value is -2.61. The fourth-order valence-corrected chi connectivity index (χ4v) is 3.69. The van der Waals surface area contributed by atoms with E-state index in [1.165, 1.54) is 12.1 Å². The summed E-state index contributed by atoms with van der Waals surface area (Å²) in [6.07, 6.45) is 1.08. The zero-order valence-corrected chi connectivity index (χ0v) is 16.1. The molecule has 0 bridgehead atoms. The molecule has 1 N–H and O–H groups in total. The molecule has 0 aromatic heterocycles. The van der Waals surface area contributed by atoms with E-state index in [1.807, 2.05) is 0 Å². The first kappa shape index (κ1) is 19.2. The molecule has 2 aromatic rings. The number of nitrogens with one attached hydrogen (secondary N) is 1. The largest absolute Gasteiger partial charge is 0.368 e. The highest BCUT2D eigenvalue weighted by Gasteiger charge is 2.23. The van der Waals surface area contributed by atoms with Gasteiger partial charge in [0.1, 0.15) is 5.82 Å². The lowest BCUT2D eigenvalue weighted by Crippen LogP contribution is -2.48. The van der Waals surface area contributed by atoms with E-state index in [9.17, 15) is 17.6 Å². The Balaban J connectivity index is 1.69. The third-order valence-corrected chi connectivity index (χ3v) is 5.13. The maximum absolute atomic E-state index is 13.1. The summed E-state index contributed by atoms with van der Waals surface area (Å²) < 4.78 is 38.5. The molecule has 0 radical (unpaired) electrons. The van der Waals surface area contributed by atoms with Gasteiger partial charge < -0.3 is 9.80 Å². The lowest BCUT2D eigenvalue weighted by Gasteiger charge is -2.36. The minimum atomic E-state index is -3.42. The molecule has 1 heterocycles. The van der Waals surface area contributed by atoms with Crippen LogP contribution in [0.2, 0.25) is 0 Å². The molecule has 1 fully saturated rings. The molecule has 1 aliphatic rings. The number of halogens is 1. The monoisotopic (exact) mass is 391 g/mol. The highest BCUT2D eigenvalue weighted by Crippen LogP contribution is 2.21. The minimum Gasteiger partial charge on any atom is -0.368 e. The van der Waals surface area contributed by atoms with Crippen molar-refractivity contribution in [1.29, 1.82) is 0 Å². The van der Waals surface area contributed by atoms with Gasteiger partial charge in [-0.05, 0) is 48.9 Å². The fourth-order valence-electron chi connectivity index (χ4n) is 3.07. The summed E-state index contributed by atoms with van der Waals surface area (Å²) in [5.41, 5.74) is 2.53. The smallest absolute Gasteiger partial charge is 0.254 e. The Morgan fingerprint density at radius 1 is 1.04 bits per heavy atom. The molecule has 0 unspecified atom stereocenters. The van der Waals surface area contributed by atoms with Crippen LogP contribution in [0.3, 0.4) is 0 Å². The molecule has 8 heteroatoms. The van der Waals surface area contributed by atoms with Crippen LogP contribution in [0.1, 0.15) is 15.9 Å². The van der Waals surface area contributed by atoms with E-state index in [2.05, 4.69) is 9.62 Å². The van der Waals surface area contributed by atoms with Gasteiger partial charge in [-0.25, -0.2) is 12.8 Å². The zero-order valence-electron chi connectivity index (χ0n) is 15.3. The number of amides is 1. The first-order chi connectivity index (χ1) is 12.7. The van der Waals surface area contributed by atoms with Crippen molar-refractivity contribution >= 4 is 27.3 Å². The van der Waals surface area contributed by atoms with E-state index in [1.54, 1.807) is 42.2 Å². The molecule has 27 heavy (non-hydrogen) atoms. The normalized spacial score (nSPS) is 14.9. The van der Waals surface area contributed by atoms with Crippen LogP contribution in [0.15, 0.2) is 42.5 Å². The predicted molar refractivity (Wildman–Crippen MR) is 104 cm³/mol. The quantitative estimate of drug-likeness (QED) is 0.869. The second-order valence-corrected chi connectivity index (χ2v) is 8.41. The fraction of sp³-hybridized carbons (Fsp3) is 0.316. The Kier molecular flexibility index (Phi) is 5.36. The molecular formula is C19H22FN3O3S. The van der Waals surface area contributed by atoms with Gasteiger partial charge in [0, 0.05) is 37.4 Å². The summed E-state index contributed by atoms with van der Waals surface area (Å²) in [6, 6.07) is 11.3. The van der Waals surface area contributed by atoms with Gasteiger partial charge >= 0.3 is 0 Å². The summed E-state index contributed by atoms with van der Waals surface area (Å²) in [5, 5.41) is 0. The SMILES string of the molecule is Cc1ccc(C(=O)N2CCN(c3ccc(F)cc3)CC2)cc1NS(C)(=O)=O. The first-order valence-electron chi connectivity index (χ1n) is 8.61. The van der Waals surface area contributed by atoms with Crippen LogP contribution >= 0.6 is 0 Å². The van der Waals surface area contributed by atoms with Crippen molar-refractivity contribution < 1.29 is 17.6 Å². The molecule has 1 saturated heterocycles. The third-order valence-electron chi connectivity index (χ3n) is 4.54. The van der Waals surface area contributed by atoms with Crippen LogP contribution in [-0.4, -0.2) is 51.7 Å². The van der Waals surface area contributed by atoms with E-state index in [-0.39, 0.29) is 11.7 Å². The molecule has 1 amide bonds. The summed E-state index contributed by atoms with van der Waals surface area (Å²) in [5.74, 6) is -0.407. The van der Waals surface area contributed by atoms with Gasteiger partial charge in [-0.3, -0.25) is 9.52 Å². The Labute approximate surface area is 158 Å². The van der Waals surface area contributed by atoms with Gasteiger partial charge in [-0.15, -0.1) is 0 Å². The predicted octanol–water partition coefficient (Wildman–Crippen LogP) is 2.47. The summed E-state index contributed by atoms with van der Waals surface area (Å²) in [7, 11) is -3.42. The number of benzene rings is 2. The highest BCUT2D eigenvalue weighted by atomic mass is 32.2. The van der Waals surface area contributed by atoms with Crippen LogP contribution in [0.4, 0.5) is 15.8 Å². The number of rotatable bonds is 4.